The lowest BCUT2D eigenvalue weighted by Gasteiger charge is -2.00. The fraction of sp³-hybridized carbons (Fsp3) is 0.0667. The molecule has 0 aromatic heterocycles. The zero-order valence-corrected chi connectivity index (χ0v) is 11.0. The predicted molar refractivity (Wildman–Crippen MR) is 79.1 cm³/mol. The average molecular weight is 266 g/mol. The van der Waals surface area contributed by atoms with Crippen LogP contribution in [-0.2, 0) is 4.79 Å². The molecule has 0 aliphatic carbocycles. The van der Waals surface area contributed by atoms with Crippen molar-refractivity contribution in [2.75, 3.05) is 5.43 Å². The molecule has 0 saturated heterocycles. The molecule has 0 bridgehead atoms. The third kappa shape index (κ3) is 4.13. The molecule has 0 radical (unpaired) electrons. The molecule has 1 N–H and O–H groups in total. The molecular formula is C15H14N4O. The van der Waals surface area contributed by atoms with Crippen LogP contribution >= 0.6 is 0 Å². The van der Waals surface area contributed by atoms with E-state index in [-0.39, 0.29) is 11.6 Å². The Morgan fingerprint density at radius 2 is 1.55 bits per heavy atom. The standard InChI is InChI=1S/C15H14N4O/c1-12(20)15(18-16-13-8-4-2-5-9-13)19-17-14-10-6-3-7-11-14/h2-11,16H,1H3/b18-15+,19-17?. The van der Waals surface area contributed by atoms with Gasteiger partial charge in [-0.15, -0.1) is 15.3 Å². The molecule has 0 unspecified atom stereocenters. The van der Waals surface area contributed by atoms with E-state index in [9.17, 15) is 4.79 Å². The summed E-state index contributed by atoms with van der Waals surface area (Å²) in [6.45, 7) is 1.40. The van der Waals surface area contributed by atoms with Crippen LogP contribution in [-0.4, -0.2) is 11.6 Å². The molecule has 5 heteroatoms. The van der Waals surface area contributed by atoms with E-state index in [1.54, 1.807) is 12.1 Å². The van der Waals surface area contributed by atoms with Gasteiger partial charge in [-0.3, -0.25) is 10.2 Å². The zero-order valence-electron chi connectivity index (χ0n) is 11.0. The number of rotatable bonds is 4. The Morgan fingerprint density at radius 3 is 2.15 bits per heavy atom. The van der Waals surface area contributed by atoms with Crippen LogP contribution in [0.25, 0.3) is 0 Å². The van der Waals surface area contributed by atoms with Crippen LogP contribution in [0.1, 0.15) is 6.92 Å². The number of nitrogens with zero attached hydrogens (tertiary/aromatic N) is 3. The first kappa shape index (κ1) is 13.6. The minimum absolute atomic E-state index is 0.0257. The van der Waals surface area contributed by atoms with Gasteiger partial charge in [0.25, 0.3) is 0 Å². The van der Waals surface area contributed by atoms with Gasteiger partial charge in [-0.2, -0.15) is 0 Å². The van der Waals surface area contributed by atoms with Crippen molar-refractivity contribution in [3.63, 3.8) is 0 Å². The predicted octanol–water partition coefficient (Wildman–Crippen LogP) is 3.78. The summed E-state index contributed by atoms with van der Waals surface area (Å²) in [5, 5.41) is 11.8. The quantitative estimate of drug-likeness (QED) is 0.396. The number of hydrogen-bond donors (Lipinski definition) is 1. The van der Waals surface area contributed by atoms with Crippen molar-refractivity contribution in [3.8, 4) is 0 Å². The van der Waals surface area contributed by atoms with Crippen molar-refractivity contribution in [1.29, 1.82) is 0 Å². The molecule has 0 heterocycles. The number of para-hydroxylation sites is 1. The van der Waals surface area contributed by atoms with E-state index < -0.39 is 0 Å². The van der Waals surface area contributed by atoms with Crippen molar-refractivity contribution in [3.05, 3.63) is 60.7 Å². The summed E-state index contributed by atoms with van der Waals surface area (Å²) in [6.07, 6.45) is 0. The van der Waals surface area contributed by atoms with Gasteiger partial charge in [0.05, 0.1) is 11.4 Å². The molecule has 20 heavy (non-hydrogen) atoms. The normalized spacial score (nSPS) is 11.6. The van der Waals surface area contributed by atoms with Crippen LogP contribution in [0.2, 0.25) is 0 Å². The summed E-state index contributed by atoms with van der Waals surface area (Å²) in [5.41, 5.74) is 4.22. The number of hydrogen-bond acceptors (Lipinski definition) is 4. The van der Waals surface area contributed by atoms with Crippen LogP contribution < -0.4 is 5.43 Å². The summed E-state index contributed by atoms with van der Waals surface area (Å²) < 4.78 is 0. The van der Waals surface area contributed by atoms with Crippen molar-refractivity contribution in [2.45, 2.75) is 6.92 Å². The van der Waals surface area contributed by atoms with E-state index in [4.69, 9.17) is 0 Å². The van der Waals surface area contributed by atoms with Crippen LogP contribution in [0, 0.1) is 0 Å². The van der Waals surface area contributed by atoms with E-state index in [1.165, 1.54) is 6.92 Å². The summed E-state index contributed by atoms with van der Waals surface area (Å²) in [4.78, 5) is 11.5. The molecule has 0 fully saturated rings. The first-order chi connectivity index (χ1) is 9.75. The Bertz CT molecular complexity index is 621. The van der Waals surface area contributed by atoms with Crippen molar-refractivity contribution in [1.82, 2.24) is 0 Å². The lowest BCUT2D eigenvalue weighted by molar-refractivity contribution is -0.111. The number of azo groups is 1. The zero-order chi connectivity index (χ0) is 14.2. The van der Waals surface area contributed by atoms with Gasteiger partial charge in [0.2, 0.25) is 11.6 Å². The topological polar surface area (TPSA) is 66.2 Å². The van der Waals surface area contributed by atoms with Gasteiger partial charge in [-0.1, -0.05) is 36.4 Å². The third-order valence-corrected chi connectivity index (χ3v) is 2.40. The third-order valence-electron chi connectivity index (χ3n) is 2.40. The van der Waals surface area contributed by atoms with E-state index in [1.807, 2.05) is 48.5 Å². The van der Waals surface area contributed by atoms with Crippen LogP contribution in [0.3, 0.4) is 0 Å². The molecular weight excluding hydrogens is 252 g/mol. The number of anilines is 1. The highest BCUT2D eigenvalue weighted by Gasteiger charge is 2.04. The number of carbonyl (C=O) groups is 1. The Kier molecular flexibility index (Phi) is 4.72. The maximum atomic E-state index is 11.5. The fourth-order valence-electron chi connectivity index (χ4n) is 1.40. The van der Waals surface area contributed by atoms with E-state index in [0.29, 0.717) is 5.69 Å². The Labute approximate surface area is 117 Å². The second kappa shape index (κ2) is 6.94. The highest BCUT2D eigenvalue weighted by Crippen LogP contribution is 2.10. The van der Waals surface area contributed by atoms with Crippen molar-refractivity contribution >= 4 is 23.0 Å². The number of hydrazone groups is 1. The lowest BCUT2D eigenvalue weighted by atomic mass is 10.3. The van der Waals surface area contributed by atoms with Gasteiger partial charge in [0.1, 0.15) is 0 Å². The number of carbonyl (C=O) groups excluding carboxylic acids is 1. The van der Waals surface area contributed by atoms with E-state index >= 15 is 0 Å². The minimum atomic E-state index is -0.256. The largest absolute Gasteiger partial charge is 0.291 e. The molecule has 2 aromatic carbocycles. The molecule has 0 amide bonds. The molecule has 2 rings (SSSR count). The van der Waals surface area contributed by atoms with Crippen LogP contribution in [0.5, 0.6) is 0 Å². The summed E-state index contributed by atoms with van der Waals surface area (Å²) in [6, 6.07) is 18.5. The Morgan fingerprint density at radius 1 is 0.950 bits per heavy atom. The second-order valence-electron chi connectivity index (χ2n) is 4.00. The SMILES string of the molecule is CC(=O)/C(N=Nc1ccccc1)=N\Nc1ccccc1. The molecule has 0 spiro atoms. The number of Topliss-reactive ketones (excluding diaryl/α,β-unsaturated/α-hetero) is 1. The first-order valence-electron chi connectivity index (χ1n) is 6.12. The summed E-state index contributed by atoms with van der Waals surface area (Å²) in [5.74, 6) is -0.231. The highest BCUT2D eigenvalue weighted by atomic mass is 16.1. The second-order valence-corrected chi connectivity index (χ2v) is 4.00. The molecule has 0 aliphatic rings. The van der Waals surface area contributed by atoms with Crippen molar-refractivity contribution in [2.24, 2.45) is 15.3 Å². The molecule has 100 valence electrons. The maximum Gasteiger partial charge on any atom is 0.236 e. The lowest BCUT2D eigenvalue weighted by Crippen LogP contribution is -2.08. The summed E-state index contributed by atoms with van der Waals surface area (Å²) in [7, 11) is 0. The van der Waals surface area contributed by atoms with Gasteiger partial charge >= 0.3 is 0 Å². The molecule has 5 nitrogen and oxygen atoms in total. The number of amidine groups is 1. The van der Waals surface area contributed by atoms with Gasteiger partial charge in [-0.05, 0) is 24.3 Å². The average Bonchev–Trinajstić information content (AvgIpc) is 2.49. The fourth-order valence-corrected chi connectivity index (χ4v) is 1.40. The molecule has 0 aliphatic heterocycles. The van der Waals surface area contributed by atoms with Crippen LogP contribution in [0.4, 0.5) is 11.4 Å². The smallest absolute Gasteiger partial charge is 0.236 e. The van der Waals surface area contributed by atoms with Gasteiger partial charge in [0.15, 0.2) is 0 Å². The summed E-state index contributed by atoms with van der Waals surface area (Å²) >= 11 is 0. The monoisotopic (exact) mass is 266 g/mol. The maximum absolute atomic E-state index is 11.5. The first-order valence-corrected chi connectivity index (χ1v) is 6.12. The van der Waals surface area contributed by atoms with Gasteiger partial charge in [0, 0.05) is 6.92 Å². The number of nitrogens with one attached hydrogen (secondary N) is 1. The molecule has 0 atom stereocenters. The van der Waals surface area contributed by atoms with E-state index in [2.05, 4.69) is 20.8 Å². The number of benzene rings is 2. The molecule has 2 aromatic rings. The number of ketones is 1. The van der Waals surface area contributed by atoms with Crippen molar-refractivity contribution < 1.29 is 4.79 Å². The van der Waals surface area contributed by atoms with Gasteiger partial charge in [-0.25, -0.2) is 0 Å². The Balaban J connectivity index is 2.11. The van der Waals surface area contributed by atoms with Gasteiger partial charge < -0.3 is 0 Å². The van der Waals surface area contributed by atoms with Crippen LogP contribution in [0.15, 0.2) is 76.0 Å². The molecule has 0 saturated carbocycles. The minimum Gasteiger partial charge on any atom is -0.291 e. The van der Waals surface area contributed by atoms with E-state index in [0.717, 1.165) is 5.69 Å². The highest BCUT2D eigenvalue weighted by molar-refractivity contribution is 6.38. The Hall–Kier alpha value is -2.82.